The number of imide groups is 1. The first-order valence-corrected chi connectivity index (χ1v) is 9.13. The lowest BCUT2D eigenvalue weighted by molar-refractivity contribution is -0.120. The number of ether oxygens (including phenoxy) is 1. The molecule has 2 aromatic rings. The molecular weight excluding hydrogens is 380 g/mol. The molecule has 0 fully saturated rings. The van der Waals surface area contributed by atoms with Crippen LogP contribution in [0, 0.1) is 6.92 Å². The molecule has 1 aliphatic heterocycles. The second-order valence-electron chi connectivity index (χ2n) is 6.45. The summed E-state index contributed by atoms with van der Waals surface area (Å²) >= 11 is 6.03. The molecule has 0 saturated carbocycles. The Labute approximate surface area is 168 Å². The van der Waals surface area contributed by atoms with E-state index in [4.69, 9.17) is 16.3 Å². The number of hydrogen-bond donors (Lipinski definition) is 1. The summed E-state index contributed by atoms with van der Waals surface area (Å²) < 4.78 is 5.41. The van der Waals surface area contributed by atoms with Crippen molar-refractivity contribution >= 4 is 34.7 Å². The van der Waals surface area contributed by atoms with Gasteiger partial charge in [0.1, 0.15) is 11.4 Å². The van der Waals surface area contributed by atoms with Crippen LogP contribution in [0.2, 0.25) is 5.02 Å². The molecular formula is C21H21ClN2O4. The summed E-state index contributed by atoms with van der Waals surface area (Å²) in [6, 6.07) is 12.1. The zero-order chi connectivity index (χ0) is 20.4. The van der Waals surface area contributed by atoms with Gasteiger partial charge in [-0.15, -0.1) is 0 Å². The van der Waals surface area contributed by atoms with Crippen molar-refractivity contribution in [2.24, 2.45) is 0 Å². The molecule has 6 nitrogen and oxygen atoms in total. The highest BCUT2D eigenvalue weighted by Crippen LogP contribution is 2.39. The van der Waals surface area contributed by atoms with Crippen molar-refractivity contribution in [3.8, 4) is 5.75 Å². The summed E-state index contributed by atoms with van der Waals surface area (Å²) in [4.78, 5) is 29.5. The standard InChI is InChI=1S/C21H21ClN2O4/c1-13-12-14(22)8-9-16(13)24-20(26)18(15-6-4-5-7-17(15)28-3)19(21(24)27)23(2)10-11-25/h4-9,12,25H,10-11H2,1-3H3. The van der Waals surface area contributed by atoms with Gasteiger partial charge in [-0.2, -0.15) is 0 Å². The van der Waals surface area contributed by atoms with Gasteiger partial charge in [0, 0.05) is 24.2 Å². The number of anilines is 1. The van der Waals surface area contributed by atoms with E-state index in [2.05, 4.69) is 0 Å². The summed E-state index contributed by atoms with van der Waals surface area (Å²) in [6.07, 6.45) is 0. The highest BCUT2D eigenvalue weighted by atomic mass is 35.5. The van der Waals surface area contributed by atoms with E-state index in [0.29, 0.717) is 27.6 Å². The minimum absolute atomic E-state index is 0.152. The molecule has 1 aliphatic rings. The Balaban J connectivity index is 2.20. The van der Waals surface area contributed by atoms with E-state index in [-0.39, 0.29) is 24.4 Å². The van der Waals surface area contributed by atoms with Crippen LogP contribution in [-0.2, 0) is 9.59 Å². The van der Waals surface area contributed by atoms with Crippen LogP contribution in [-0.4, -0.2) is 49.1 Å². The van der Waals surface area contributed by atoms with Gasteiger partial charge in [0.05, 0.1) is 25.0 Å². The summed E-state index contributed by atoms with van der Waals surface area (Å²) in [6.45, 7) is 1.85. The fourth-order valence-corrected chi connectivity index (χ4v) is 3.54. The average molecular weight is 401 g/mol. The number of para-hydroxylation sites is 1. The van der Waals surface area contributed by atoms with Crippen molar-refractivity contribution in [2.75, 3.05) is 32.2 Å². The fraction of sp³-hybridized carbons (Fsp3) is 0.238. The average Bonchev–Trinajstić information content (AvgIpc) is 2.92. The third kappa shape index (κ3) is 3.37. The maximum absolute atomic E-state index is 13.4. The van der Waals surface area contributed by atoms with E-state index >= 15 is 0 Å². The highest BCUT2D eigenvalue weighted by molar-refractivity contribution is 6.46. The Bertz CT molecular complexity index is 971. The number of benzene rings is 2. The van der Waals surface area contributed by atoms with Crippen LogP contribution >= 0.6 is 11.6 Å². The van der Waals surface area contributed by atoms with Crippen LogP contribution in [0.25, 0.3) is 5.57 Å². The van der Waals surface area contributed by atoms with Gasteiger partial charge < -0.3 is 14.7 Å². The number of likely N-dealkylation sites (N-methyl/N-ethyl adjacent to an activating group) is 1. The van der Waals surface area contributed by atoms with Crippen LogP contribution in [0.15, 0.2) is 48.2 Å². The van der Waals surface area contributed by atoms with Gasteiger partial charge in [0.2, 0.25) is 0 Å². The topological polar surface area (TPSA) is 70.1 Å². The predicted octanol–water partition coefficient (Wildman–Crippen LogP) is 2.87. The lowest BCUT2D eigenvalue weighted by Gasteiger charge is -2.21. The summed E-state index contributed by atoms with van der Waals surface area (Å²) in [5, 5.41) is 9.87. The predicted molar refractivity (Wildman–Crippen MR) is 108 cm³/mol. The Morgan fingerprint density at radius 3 is 2.50 bits per heavy atom. The van der Waals surface area contributed by atoms with E-state index in [1.54, 1.807) is 61.3 Å². The molecule has 1 N–H and O–H groups in total. The minimum Gasteiger partial charge on any atom is -0.496 e. The molecule has 0 bridgehead atoms. The molecule has 0 aromatic heterocycles. The zero-order valence-corrected chi connectivity index (χ0v) is 16.7. The molecule has 1 heterocycles. The monoisotopic (exact) mass is 400 g/mol. The first-order valence-electron chi connectivity index (χ1n) is 8.75. The number of carbonyl (C=O) groups excluding carboxylic acids is 2. The van der Waals surface area contributed by atoms with E-state index in [1.807, 2.05) is 0 Å². The largest absolute Gasteiger partial charge is 0.496 e. The molecule has 2 aromatic carbocycles. The van der Waals surface area contributed by atoms with E-state index in [1.165, 1.54) is 7.11 Å². The highest BCUT2D eigenvalue weighted by Gasteiger charge is 2.43. The van der Waals surface area contributed by atoms with Crippen LogP contribution in [0.1, 0.15) is 11.1 Å². The zero-order valence-electron chi connectivity index (χ0n) is 15.9. The van der Waals surface area contributed by atoms with E-state index < -0.39 is 11.8 Å². The summed E-state index contributed by atoms with van der Waals surface area (Å²) in [5.41, 5.74) is 2.17. The minimum atomic E-state index is -0.452. The van der Waals surface area contributed by atoms with Crippen LogP contribution in [0.3, 0.4) is 0 Å². The van der Waals surface area contributed by atoms with Crippen LogP contribution in [0.5, 0.6) is 5.75 Å². The number of aliphatic hydroxyl groups excluding tert-OH is 1. The molecule has 2 amide bonds. The Kier molecular flexibility index (Phi) is 5.72. The van der Waals surface area contributed by atoms with Crippen molar-refractivity contribution in [1.82, 2.24) is 4.90 Å². The molecule has 0 radical (unpaired) electrons. The van der Waals surface area contributed by atoms with Gasteiger partial charge in [-0.05, 0) is 36.8 Å². The first kappa shape index (κ1) is 19.9. The smallest absolute Gasteiger partial charge is 0.282 e. The number of rotatable bonds is 6. The number of aliphatic hydroxyl groups is 1. The number of nitrogens with zero attached hydrogens (tertiary/aromatic N) is 2. The Hall–Kier alpha value is -2.83. The maximum atomic E-state index is 13.4. The summed E-state index contributed by atoms with van der Waals surface area (Å²) in [7, 11) is 3.18. The van der Waals surface area contributed by atoms with Crippen LogP contribution in [0.4, 0.5) is 5.69 Å². The van der Waals surface area contributed by atoms with E-state index in [0.717, 1.165) is 4.90 Å². The molecule has 0 aliphatic carbocycles. The van der Waals surface area contributed by atoms with Crippen LogP contribution < -0.4 is 9.64 Å². The molecule has 0 saturated heterocycles. The third-order valence-electron chi connectivity index (χ3n) is 4.65. The molecule has 146 valence electrons. The SMILES string of the molecule is COc1ccccc1C1=C(N(C)CCO)C(=O)N(c2ccc(Cl)cc2C)C1=O. The number of methoxy groups -OCH3 is 1. The van der Waals surface area contributed by atoms with Gasteiger partial charge >= 0.3 is 0 Å². The van der Waals surface area contributed by atoms with Gasteiger partial charge in [-0.3, -0.25) is 9.59 Å². The second-order valence-corrected chi connectivity index (χ2v) is 6.88. The maximum Gasteiger partial charge on any atom is 0.282 e. The lowest BCUT2D eigenvalue weighted by Crippen LogP contribution is -2.35. The van der Waals surface area contributed by atoms with Gasteiger partial charge in [0.15, 0.2) is 0 Å². The van der Waals surface area contributed by atoms with Gasteiger partial charge in [-0.25, -0.2) is 4.90 Å². The van der Waals surface area contributed by atoms with Crippen molar-refractivity contribution in [3.63, 3.8) is 0 Å². The second kappa shape index (κ2) is 8.04. The normalized spacial score (nSPS) is 14.1. The lowest BCUT2D eigenvalue weighted by atomic mass is 10.0. The Morgan fingerprint density at radius 1 is 1.14 bits per heavy atom. The van der Waals surface area contributed by atoms with Crippen molar-refractivity contribution in [2.45, 2.75) is 6.92 Å². The number of aryl methyl sites for hydroxylation is 1. The molecule has 0 unspecified atom stereocenters. The fourth-order valence-electron chi connectivity index (χ4n) is 3.32. The third-order valence-corrected chi connectivity index (χ3v) is 4.89. The Morgan fingerprint density at radius 2 is 1.86 bits per heavy atom. The van der Waals surface area contributed by atoms with Crippen molar-refractivity contribution in [3.05, 3.63) is 64.3 Å². The quantitative estimate of drug-likeness (QED) is 0.755. The van der Waals surface area contributed by atoms with Crippen molar-refractivity contribution < 1.29 is 19.4 Å². The molecule has 7 heteroatoms. The van der Waals surface area contributed by atoms with Gasteiger partial charge in [0.25, 0.3) is 11.8 Å². The number of hydrogen-bond acceptors (Lipinski definition) is 5. The molecule has 28 heavy (non-hydrogen) atoms. The molecule has 3 rings (SSSR count). The van der Waals surface area contributed by atoms with Crippen molar-refractivity contribution in [1.29, 1.82) is 0 Å². The number of halogens is 1. The first-order chi connectivity index (χ1) is 13.4. The number of carbonyl (C=O) groups is 2. The molecule has 0 spiro atoms. The molecule has 0 atom stereocenters. The summed E-state index contributed by atoms with van der Waals surface area (Å²) in [5.74, 6) is -0.407. The van der Waals surface area contributed by atoms with Gasteiger partial charge in [-0.1, -0.05) is 29.8 Å². The number of amides is 2. The van der Waals surface area contributed by atoms with E-state index in [9.17, 15) is 14.7 Å².